The predicted octanol–water partition coefficient (Wildman–Crippen LogP) is 1.70. The molecule has 0 amide bonds. The van der Waals surface area contributed by atoms with Gasteiger partial charge >= 0.3 is 11.9 Å². The summed E-state index contributed by atoms with van der Waals surface area (Å²) in [4.78, 5) is 21.2. The van der Waals surface area contributed by atoms with E-state index in [1.807, 2.05) is 18.2 Å². The first kappa shape index (κ1) is 16.5. The van der Waals surface area contributed by atoms with Crippen molar-refractivity contribution >= 4 is 11.9 Å². The number of hydrogen-bond donors (Lipinski definition) is 3. The SMILES string of the molecule is N[C@@H](Cc1ccc(O)cc1)C(=O)O.O=C1OCc2ccccc21. The van der Waals surface area contributed by atoms with Crippen molar-refractivity contribution < 1.29 is 24.5 Å². The molecule has 3 rings (SSSR count). The monoisotopic (exact) mass is 315 g/mol. The standard InChI is InChI=1S/C9H11NO3.C8H6O2/c10-8(9(12)13)5-6-1-3-7(11)4-2-6;9-8-7-4-2-1-3-6(7)5-10-8/h1-4,8,11H,5,10H2,(H,12,13);1-4H,5H2/t8-;/m0./s1. The van der Waals surface area contributed by atoms with Crippen molar-refractivity contribution in [1.29, 1.82) is 0 Å². The van der Waals surface area contributed by atoms with Gasteiger partial charge in [0.1, 0.15) is 18.4 Å². The highest BCUT2D eigenvalue weighted by atomic mass is 16.5. The minimum Gasteiger partial charge on any atom is -0.508 e. The molecule has 0 radical (unpaired) electrons. The van der Waals surface area contributed by atoms with Gasteiger partial charge in [0.15, 0.2) is 0 Å². The number of fused-ring (bicyclic) bond motifs is 1. The van der Waals surface area contributed by atoms with Crippen LogP contribution in [0.1, 0.15) is 21.5 Å². The molecular weight excluding hydrogens is 298 g/mol. The second-order valence-electron chi connectivity index (χ2n) is 5.05. The zero-order valence-corrected chi connectivity index (χ0v) is 12.3. The summed E-state index contributed by atoms with van der Waals surface area (Å²) >= 11 is 0. The van der Waals surface area contributed by atoms with E-state index in [0.29, 0.717) is 12.2 Å². The van der Waals surface area contributed by atoms with E-state index in [2.05, 4.69) is 0 Å². The third-order valence-electron chi connectivity index (χ3n) is 3.31. The van der Waals surface area contributed by atoms with E-state index >= 15 is 0 Å². The predicted molar refractivity (Wildman–Crippen MR) is 83.0 cm³/mol. The van der Waals surface area contributed by atoms with E-state index in [-0.39, 0.29) is 18.1 Å². The first-order chi connectivity index (χ1) is 11.0. The van der Waals surface area contributed by atoms with Crippen molar-refractivity contribution in [2.75, 3.05) is 0 Å². The highest BCUT2D eigenvalue weighted by Crippen LogP contribution is 2.18. The third-order valence-corrected chi connectivity index (χ3v) is 3.31. The average Bonchev–Trinajstić information content (AvgIpc) is 2.92. The van der Waals surface area contributed by atoms with Gasteiger partial charge in [0.05, 0.1) is 5.56 Å². The van der Waals surface area contributed by atoms with Gasteiger partial charge in [0, 0.05) is 5.56 Å². The summed E-state index contributed by atoms with van der Waals surface area (Å²) in [5, 5.41) is 17.5. The maximum absolute atomic E-state index is 10.8. The Hall–Kier alpha value is -2.86. The molecule has 0 aliphatic carbocycles. The van der Waals surface area contributed by atoms with Crippen molar-refractivity contribution in [3.63, 3.8) is 0 Å². The molecule has 0 fully saturated rings. The Balaban J connectivity index is 0.000000172. The minimum atomic E-state index is -1.02. The van der Waals surface area contributed by atoms with E-state index in [1.54, 1.807) is 18.2 Å². The molecule has 1 aliphatic rings. The number of benzene rings is 2. The summed E-state index contributed by atoms with van der Waals surface area (Å²) in [6.45, 7) is 0.439. The molecule has 120 valence electrons. The van der Waals surface area contributed by atoms with E-state index in [1.165, 1.54) is 12.1 Å². The van der Waals surface area contributed by atoms with Crippen molar-refractivity contribution in [3.05, 3.63) is 65.2 Å². The molecule has 0 aromatic heterocycles. The molecule has 0 spiro atoms. The summed E-state index contributed by atoms with van der Waals surface area (Å²) in [5.41, 5.74) is 7.83. The smallest absolute Gasteiger partial charge is 0.338 e. The van der Waals surface area contributed by atoms with Crippen molar-refractivity contribution in [2.24, 2.45) is 5.73 Å². The van der Waals surface area contributed by atoms with Gasteiger partial charge in [-0.2, -0.15) is 0 Å². The summed E-state index contributed by atoms with van der Waals surface area (Å²) < 4.78 is 4.78. The Kier molecular flexibility index (Phi) is 5.32. The van der Waals surface area contributed by atoms with Gasteiger partial charge in [0.25, 0.3) is 0 Å². The molecule has 1 atom stereocenters. The van der Waals surface area contributed by atoms with Crippen molar-refractivity contribution in [2.45, 2.75) is 19.1 Å². The number of carboxylic acid groups (broad SMARTS) is 1. The Morgan fingerprint density at radius 2 is 1.83 bits per heavy atom. The quantitative estimate of drug-likeness (QED) is 0.744. The van der Waals surface area contributed by atoms with Crippen LogP contribution in [0.3, 0.4) is 0 Å². The zero-order chi connectivity index (χ0) is 16.8. The lowest BCUT2D eigenvalue weighted by Gasteiger charge is -2.05. The summed E-state index contributed by atoms with van der Waals surface area (Å²) in [5.74, 6) is -1.06. The Bertz CT molecular complexity index is 696. The highest BCUT2D eigenvalue weighted by molar-refractivity contribution is 5.93. The molecule has 4 N–H and O–H groups in total. The van der Waals surface area contributed by atoms with Crippen LogP contribution in [-0.4, -0.2) is 28.2 Å². The van der Waals surface area contributed by atoms with Crippen molar-refractivity contribution in [3.8, 4) is 5.75 Å². The number of carboxylic acids is 1. The summed E-state index contributed by atoms with van der Waals surface area (Å²) in [7, 11) is 0. The van der Waals surface area contributed by atoms with Gasteiger partial charge in [0.2, 0.25) is 0 Å². The normalized spacial score (nSPS) is 13.3. The molecule has 2 aromatic carbocycles. The van der Waals surface area contributed by atoms with Gasteiger partial charge in [-0.25, -0.2) is 4.79 Å². The number of phenolic OH excluding ortho intramolecular Hbond substituents is 1. The number of carbonyl (C=O) groups excluding carboxylic acids is 1. The van der Waals surface area contributed by atoms with Crippen LogP contribution >= 0.6 is 0 Å². The fraction of sp³-hybridized carbons (Fsp3) is 0.176. The van der Waals surface area contributed by atoms with Gasteiger partial charge in [-0.1, -0.05) is 30.3 Å². The van der Waals surface area contributed by atoms with E-state index in [0.717, 1.165) is 11.1 Å². The maximum Gasteiger partial charge on any atom is 0.338 e. The molecule has 0 unspecified atom stereocenters. The lowest BCUT2D eigenvalue weighted by Crippen LogP contribution is -2.32. The molecule has 0 saturated heterocycles. The zero-order valence-electron chi connectivity index (χ0n) is 12.3. The highest BCUT2D eigenvalue weighted by Gasteiger charge is 2.18. The molecule has 6 heteroatoms. The molecule has 23 heavy (non-hydrogen) atoms. The number of phenols is 1. The molecular formula is C17H17NO5. The number of esters is 1. The lowest BCUT2D eigenvalue weighted by atomic mass is 10.1. The van der Waals surface area contributed by atoms with Crippen LogP contribution in [0.5, 0.6) is 5.75 Å². The second kappa shape index (κ2) is 7.42. The minimum absolute atomic E-state index is 0.160. The molecule has 1 aliphatic heterocycles. The molecule has 0 saturated carbocycles. The Morgan fingerprint density at radius 3 is 2.43 bits per heavy atom. The summed E-state index contributed by atoms with van der Waals surface area (Å²) in [6, 6.07) is 12.9. The van der Waals surface area contributed by atoms with E-state index in [4.69, 9.17) is 20.7 Å². The van der Waals surface area contributed by atoms with Gasteiger partial charge in [-0.15, -0.1) is 0 Å². The molecule has 6 nitrogen and oxygen atoms in total. The Morgan fingerprint density at radius 1 is 1.17 bits per heavy atom. The van der Waals surface area contributed by atoms with Gasteiger partial charge in [-0.05, 0) is 30.2 Å². The lowest BCUT2D eigenvalue weighted by molar-refractivity contribution is -0.138. The largest absolute Gasteiger partial charge is 0.508 e. The molecule has 0 bridgehead atoms. The first-order valence-corrected chi connectivity index (χ1v) is 6.98. The topological polar surface area (TPSA) is 110 Å². The van der Waals surface area contributed by atoms with Crippen LogP contribution in [0.2, 0.25) is 0 Å². The maximum atomic E-state index is 10.8. The van der Waals surface area contributed by atoms with Crippen LogP contribution < -0.4 is 5.73 Å². The fourth-order valence-corrected chi connectivity index (χ4v) is 2.04. The van der Waals surface area contributed by atoms with E-state index in [9.17, 15) is 9.59 Å². The number of carbonyl (C=O) groups is 2. The van der Waals surface area contributed by atoms with E-state index < -0.39 is 12.0 Å². The number of aliphatic carboxylic acids is 1. The number of rotatable bonds is 3. The second-order valence-corrected chi connectivity index (χ2v) is 5.05. The van der Waals surface area contributed by atoms with Gasteiger partial charge < -0.3 is 20.7 Å². The third kappa shape index (κ3) is 4.55. The van der Waals surface area contributed by atoms with Crippen LogP contribution in [0.15, 0.2) is 48.5 Å². The molecule has 2 aromatic rings. The molecule has 1 heterocycles. The van der Waals surface area contributed by atoms with Crippen molar-refractivity contribution in [1.82, 2.24) is 0 Å². The fourth-order valence-electron chi connectivity index (χ4n) is 2.04. The number of nitrogens with two attached hydrogens (primary N) is 1. The van der Waals surface area contributed by atoms with Crippen LogP contribution in [0.25, 0.3) is 0 Å². The average molecular weight is 315 g/mol. The van der Waals surface area contributed by atoms with Crippen LogP contribution in [0, 0.1) is 0 Å². The number of aromatic hydroxyl groups is 1. The van der Waals surface area contributed by atoms with Gasteiger partial charge in [-0.3, -0.25) is 4.79 Å². The number of hydrogen-bond acceptors (Lipinski definition) is 5. The van der Waals surface area contributed by atoms with Crippen LogP contribution in [0.4, 0.5) is 0 Å². The first-order valence-electron chi connectivity index (χ1n) is 6.98. The number of ether oxygens (including phenoxy) is 1. The Labute approximate surface area is 133 Å². The summed E-state index contributed by atoms with van der Waals surface area (Å²) in [6.07, 6.45) is 0.273. The number of cyclic esters (lactones) is 1. The van der Waals surface area contributed by atoms with Crippen LogP contribution in [-0.2, 0) is 22.6 Å².